The van der Waals surface area contributed by atoms with E-state index in [1.807, 2.05) is 24.3 Å². The van der Waals surface area contributed by atoms with Crippen LogP contribution in [0.4, 0.5) is 5.69 Å². The molecule has 0 fully saturated rings. The van der Waals surface area contributed by atoms with Crippen LogP contribution in [-0.2, 0) is 11.2 Å². The Morgan fingerprint density at radius 1 is 1.50 bits per heavy atom. The molecule has 86 valence electrons. The first kappa shape index (κ1) is 11.4. The zero-order valence-corrected chi connectivity index (χ0v) is 9.65. The molecule has 1 unspecified atom stereocenters. The van der Waals surface area contributed by atoms with Crippen LogP contribution in [0.3, 0.4) is 0 Å². The molecule has 1 amide bonds. The quantitative estimate of drug-likeness (QED) is 0.793. The highest BCUT2D eigenvalue weighted by Crippen LogP contribution is 2.29. The van der Waals surface area contributed by atoms with E-state index in [4.69, 9.17) is 11.6 Å². The average Bonchev–Trinajstić information content (AvgIpc) is 2.36. The van der Waals surface area contributed by atoms with E-state index in [1.165, 1.54) is 0 Å². The van der Waals surface area contributed by atoms with E-state index in [-0.39, 0.29) is 24.3 Å². The van der Waals surface area contributed by atoms with Crippen molar-refractivity contribution in [3.63, 3.8) is 0 Å². The molecule has 0 saturated carbocycles. The number of aliphatic hydroxyl groups excluding tert-OH is 1. The number of benzene rings is 1. The number of fused-ring (bicyclic) bond motifs is 1. The number of para-hydroxylation sites is 1. The van der Waals surface area contributed by atoms with Gasteiger partial charge in [-0.15, -0.1) is 11.6 Å². The monoisotopic (exact) mass is 239 g/mol. The van der Waals surface area contributed by atoms with Gasteiger partial charge in [-0.05, 0) is 18.1 Å². The Bertz CT molecular complexity index is 394. The van der Waals surface area contributed by atoms with Gasteiger partial charge in [0, 0.05) is 24.8 Å². The van der Waals surface area contributed by atoms with Crippen LogP contribution in [0, 0.1) is 5.92 Å². The van der Waals surface area contributed by atoms with Gasteiger partial charge < -0.3 is 10.0 Å². The van der Waals surface area contributed by atoms with Crippen LogP contribution in [0.2, 0.25) is 0 Å². The predicted octanol–water partition coefficient (Wildman–Crippen LogP) is 1.42. The third kappa shape index (κ3) is 2.06. The number of anilines is 1. The molecule has 0 aromatic heterocycles. The zero-order chi connectivity index (χ0) is 11.5. The molecule has 3 nitrogen and oxygen atoms in total. The molecule has 0 aliphatic carbocycles. The second-order valence-corrected chi connectivity index (χ2v) is 4.29. The fourth-order valence-electron chi connectivity index (χ4n) is 2.11. The summed E-state index contributed by atoms with van der Waals surface area (Å²) in [5, 5.41) is 9.22. The third-order valence-electron chi connectivity index (χ3n) is 2.91. The lowest BCUT2D eigenvalue weighted by atomic mass is 9.93. The molecule has 2 rings (SSSR count). The van der Waals surface area contributed by atoms with Crippen LogP contribution in [-0.4, -0.2) is 30.0 Å². The topological polar surface area (TPSA) is 40.5 Å². The van der Waals surface area contributed by atoms with Crippen LogP contribution in [0.25, 0.3) is 0 Å². The van der Waals surface area contributed by atoms with Gasteiger partial charge in [0.15, 0.2) is 0 Å². The molecular formula is C12H14ClNO2. The Morgan fingerprint density at radius 3 is 2.94 bits per heavy atom. The van der Waals surface area contributed by atoms with Crippen LogP contribution in [0.5, 0.6) is 0 Å². The number of hydrogen-bond acceptors (Lipinski definition) is 2. The molecule has 1 aliphatic rings. The summed E-state index contributed by atoms with van der Waals surface area (Å²) in [6.07, 6.45) is 0.818. The Balaban J connectivity index is 2.35. The second-order valence-electron chi connectivity index (χ2n) is 4.02. The third-order valence-corrected chi connectivity index (χ3v) is 3.13. The molecule has 1 atom stereocenters. The molecule has 1 heterocycles. The maximum atomic E-state index is 11.7. The number of alkyl halides is 1. The van der Waals surface area contributed by atoms with Crippen molar-refractivity contribution in [2.45, 2.75) is 6.42 Å². The first-order chi connectivity index (χ1) is 7.76. The average molecular weight is 240 g/mol. The van der Waals surface area contributed by atoms with Gasteiger partial charge in [-0.25, -0.2) is 0 Å². The van der Waals surface area contributed by atoms with E-state index in [2.05, 4.69) is 0 Å². The number of amides is 1. The van der Waals surface area contributed by atoms with Gasteiger partial charge in [0.1, 0.15) is 5.88 Å². The summed E-state index contributed by atoms with van der Waals surface area (Å²) in [6, 6.07) is 7.77. The van der Waals surface area contributed by atoms with E-state index in [1.54, 1.807) is 4.90 Å². The number of aliphatic hydroxyl groups is 1. The van der Waals surface area contributed by atoms with Crippen molar-refractivity contribution in [2.24, 2.45) is 5.92 Å². The number of halogens is 1. The molecule has 16 heavy (non-hydrogen) atoms. The molecule has 0 saturated heterocycles. The Kier molecular flexibility index (Phi) is 3.46. The van der Waals surface area contributed by atoms with Crippen LogP contribution < -0.4 is 4.90 Å². The van der Waals surface area contributed by atoms with Crippen LogP contribution in [0.15, 0.2) is 24.3 Å². The molecule has 1 aromatic carbocycles. The lowest BCUT2D eigenvalue weighted by Crippen LogP contribution is -2.41. The van der Waals surface area contributed by atoms with E-state index in [9.17, 15) is 9.90 Å². The zero-order valence-electron chi connectivity index (χ0n) is 8.90. The lowest BCUT2D eigenvalue weighted by Gasteiger charge is -2.33. The predicted molar refractivity (Wildman–Crippen MR) is 63.8 cm³/mol. The summed E-state index contributed by atoms with van der Waals surface area (Å²) in [5.74, 6) is -0.0127. The van der Waals surface area contributed by atoms with Crippen molar-refractivity contribution in [3.8, 4) is 0 Å². The number of hydrogen-bond donors (Lipinski definition) is 1. The van der Waals surface area contributed by atoms with Gasteiger partial charge in [0.05, 0.1) is 0 Å². The molecule has 1 N–H and O–H groups in total. The summed E-state index contributed by atoms with van der Waals surface area (Å²) >= 11 is 5.59. The molecule has 1 aliphatic heterocycles. The Labute approximate surface area is 99.6 Å². The van der Waals surface area contributed by atoms with Gasteiger partial charge in [0.2, 0.25) is 5.91 Å². The fraction of sp³-hybridized carbons (Fsp3) is 0.417. The largest absolute Gasteiger partial charge is 0.396 e. The second kappa shape index (κ2) is 4.85. The first-order valence-electron chi connectivity index (χ1n) is 5.31. The van der Waals surface area contributed by atoms with Crippen molar-refractivity contribution < 1.29 is 9.90 Å². The van der Waals surface area contributed by atoms with E-state index in [0.717, 1.165) is 17.7 Å². The van der Waals surface area contributed by atoms with Gasteiger partial charge in [-0.3, -0.25) is 4.79 Å². The van der Waals surface area contributed by atoms with E-state index in [0.29, 0.717) is 6.54 Å². The lowest BCUT2D eigenvalue weighted by molar-refractivity contribution is -0.116. The Morgan fingerprint density at radius 2 is 2.25 bits per heavy atom. The number of carbonyl (C=O) groups is 1. The minimum Gasteiger partial charge on any atom is -0.396 e. The molecule has 4 heteroatoms. The minimum atomic E-state index is -0.104. The van der Waals surface area contributed by atoms with Crippen molar-refractivity contribution in [1.82, 2.24) is 0 Å². The molecule has 0 radical (unpaired) electrons. The van der Waals surface area contributed by atoms with Crippen LogP contribution in [0.1, 0.15) is 5.56 Å². The van der Waals surface area contributed by atoms with Crippen molar-refractivity contribution >= 4 is 23.2 Å². The summed E-state index contributed by atoms with van der Waals surface area (Å²) in [6.45, 7) is 0.652. The summed E-state index contributed by atoms with van der Waals surface area (Å²) in [4.78, 5) is 13.4. The highest BCUT2D eigenvalue weighted by atomic mass is 35.5. The van der Waals surface area contributed by atoms with E-state index >= 15 is 0 Å². The van der Waals surface area contributed by atoms with Gasteiger partial charge >= 0.3 is 0 Å². The number of carbonyl (C=O) groups excluding carboxylic acids is 1. The molecule has 0 spiro atoms. The number of rotatable bonds is 2. The van der Waals surface area contributed by atoms with Gasteiger partial charge in [-0.1, -0.05) is 18.2 Å². The Hall–Kier alpha value is -1.06. The highest BCUT2D eigenvalue weighted by molar-refractivity contribution is 6.29. The van der Waals surface area contributed by atoms with Crippen LogP contribution >= 0.6 is 11.6 Å². The number of nitrogens with zero attached hydrogens (tertiary/aromatic N) is 1. The van der Waals surface area contributed by atoms with Crippen molar-refractivity contribution in [3.05, 3.63) is 29.8 Å². The summed E-state index contributed by atoms with van der Waals surface area (Å²) in [5.41, 5.74) is 2.03. The van der Waals surface area contributed by atoms with Crippen molar-refractivity contribution in [1.29, 1.82) is 0 Å². The SMILES string of the molecule is O=C(CCl)N1CC(CO)Cc2ccccc21. The molecule has 1 aromatic rings. The van der Waals surface area contributed by atoms with E-state index < -0.39 is 0 Å². The standard InChI is InChI=1S/C12H14ClNO2/c13-6-12(16)14-7-9(8-15)5-10-3-1-2-4-11(10)14/h1-4,9,15H,5-8H2. The molecular weight excluding hydrogens is 226 g/mol. The summed E-state index contributed by atoms with van der Waals surface area (Å²) in [7, 11) is 0. The van der Waals surface area contributed by atoms with Gasteiger partial charge in [-0.2, -0.15) is 0 Å². The van der Waals surface area contributed by atoms with Gasteiger partial charge in [0.25, 0.3) is 0 Å². The maximum Gasteiger partial charge on any atom is 0.241 e. The molecule has 0 bridgehead atoms. The van der Waals surface area contributed by atoms with Crippen molar-refractivity contribution in [2.75, 3.05) is 23.9 Å². The fourth-order valence-corrected chi connectivity index (χ4v) is 2.25. The smallest absolute Gasteiger partial charge is 0.241 e. The minimum absolute atomic E-state index is 0.0213. The highest BCUT2D eigenvalue weighted by Gasteiger charge is 2.27. The summed E-state index contributed by atoms with van der Waals surface area (Å²) < 4.78 is 0. The normalized spacial score (nSPS) is 19.4. The maximum absolute atomic E-state index is 11.7. The first-order valence-corrected chi connectivity index (χ1v) is 5.84.